The lowest BCUT2D eigenvalue weighted by Gasteiger charge is -2.15. The van der Waals surface area contributed by atoms with Crippen LogP contribution in [-0.4, -0.2) is 13.7 Å². The van der Waals surface area contributed by atoms with Gasteiger partial charge >= 0.3 is 0 Å². The molecule has 0 N–H and O–H groups in total. The van der Waals surface area contributed by atoms with E-state index in [1.807, 2.05) is 48.5 Å². The Kier molecular flexibility index (Phi) is 5.16. The van der Waals surface area contributed by atoms with E-state index >= 15 is 0 Å². The SMILES string of the molecule is [2H]c1c([2H])c([2H])c2c(c1[2H])c1c3c4ccccc4n(-c4ccccc4)c3ccc1n2-c1ccccc1-c1ccc2c(c1)c1ccccc1n2-c1ccccc1. The molecule has 0 radical (unpaired) electrons. The van der Waals surface area contributed by atoms with Crippen molar-refractivity contribution >= 4 is 65.4 Å². The van der Waals surface area contributed by atoms with Crippen molar-refractivity contribution in [3.05, 3.63) is 188 Å². The first-order valence-corrected chi connectivity index (χ1v) is 17.2. The van der Waals surface area contributed by atoms with Gasteiger partial charge in [0.25, 0.3) is 0 Å². The number of benzene rings is 8. The average Bonchev–Trinajstić information content (AvgIpc) is 3.88. The van der Waals surface area contributed by atoms with Crippen LogP contribution in [-0.2, 0) is 0 Å². The molecule has 0 saturated carbocycles. The van der Waals surface area contributed by atoms with Gasteiger partial charge in [-0.3, -0.25) is 0 Å². The Morgan fingerprint density at radius 1 is 0.353 bits per heavy atom. The highest BCUT2D eigenvalue weighted by atomic mass is 15.0. The predicted octanol–water partition coefficient (Wildman–Crippen LogP) is 12.6. The summed E-state index contributed by atoms with van der Waals surface area (Å²) in [6, 6.07) is 55.9. The molecule has 0 fully saturated rings. The molecule has 0 saturated heterocycles. The first-order chi connectivity index (χ1) is 27.0. The molecule has 0 unspecified atom stereocenters. The molecule has 8 aromatic carbocycles. The number of nitrogens with zero attached hydrogens (tertiary/aromatic N) is 3. The Labute approximate surface area is 300 Å². The number of aromatic nitrogens is 3. The van der Waals surface area contributed by atoms with Gasteiger partial charge in [-0.25, -0.2) is 0 Å². The zero-order valence-electron chi connectivity index (χ0n) is 31.4. The van der Waals surface area contributed by atoms with Crippen molar-refractivity contribution in [2.75, 3.05) is 0 Å². The van der Waals surface area contributed by atoms with Crippen LogP contribution in [0, 0.1) is 0 Å². The number of rotatable bonds is 4. The van der Waals surface area contributed by atoms with E-state index in [4.69, 9.17) is 2.74 Å². The maximum Gasteiger partial charge on any atom is 0.0645 e. The summed E-state index contributed by atoms with van der Waals surface area (Å²) >= 11 is 0. The van der Waals surface area contributed by atoms with Crippen LogP contribution in [0.2, 0.25) is 0 Å². The van der Waals surface area contributed by atoms with Gasteiger partial charge in [0.05, 0.1) is 44.3 Å². The third-order valence-corrected chi connectivity index (χ3v) is 10.4. The van der Waals surface area contributed by atoms with Crippen molar-refractivity contribution in [3.63, 3.8) is 0 Å². The lowest BCUT2D eigenvalue weighted by molar-refractivity contribution is 1.17. The first kappa shape index (κ1) is 24.3. The Balaban J connectivity index is 1.25. The minimum Gasteiger partial charge on any atom is -0.309 e. The van der Waals surface area contributed by atoms with Crippen molar-refractivity contribution in [2.45, 2.75) is 0 Å². The molecule has 3 heterocycles. The minimum atomic E-state index is -0.253. The summed E-state index contributed by atoms with van der Waals surface area (Å²) in [6.07, 6.45) is 0. The van der Waals surface area contributed by atoms with Gasteiger partial charge in [0.1, 0.15) is 0 Å². The summed E-state index contributed by atoms with van der Waals surface area (Å²) < 4.78 is 43.1. The third kappa shape index (κ3) is 4.00. The van der Waals surface area contributed by atoms with Crippen molar-refractivity contribution in [2.24, 2.45) is 0 Å². The molecule has 0 aliphatic rings. The maximum atomic E-state index is 9.40. The van der Waals surface area contributed by atoms with Crippen molar-refractivity contribution in [1.82, 2.24) is 13.7 Å². The summed E-state index contributed by atoms with van der Waals surface area (Å²) in [7, 11) is 0. The fourth-order valence-corrected chi connectivity index (χ4v) is 8.28. The second-order valence-corrected chi connectivity index (χ2v) is 13.0. The molecule has 11 aromatic rings. The Bertz CT molecular complexity index is 3360. The molecule has 0 aliphatic heterocycles. The summed E-state index contributed by atoms with van der Waals surface area (Å²) in [5.74, 6) is 0. The van der Waals surface area contributed by atoms with Gasteiger partial charge in [-0.1, -0.05) is 115 Å². The van der Waals surface area contributed by atoms with Crippen LogP contribution >= 0.6 is 0 Å². The van der Waals surface area contributed by atoms with Crippen LogP contribution in [0.5, 0.6) is 0 Å². The topological polar surface area (TPSA) is 14.8 Å². The fraction of sp³-hybridized carbons (Fsp3) is 0. The molecular weight excluding hydrogens is 619 g/mol. The number of hydrogen-bond donors (Lipinski definition) is 0. The normalized spacial score (nSPS) is 13.0. The number of hydrogen-bond acceptors (Lipinski definition) is 0. The lowest BCUT2D eigenvalue weighted by atomic mass is 10.0. The van der Waals surface area contributed by atoms with E-state index in [0.29, 0.717) is 10.9 Å². The van der Waals surface area contributed by atoms with Gasteiger partial charge in [-0.15, -0.1) is 0 Å². The van der Waals surface area contributed by atoms with E-state index in [1.54, 1.807) is 0 Å². The molecule has 0 atom stereocenters. The third-order valence-electron chi connectivity index (χ3n) is 10.4. The predicted molar refractivity (Wildman–Crippen MR) is 215 cm³/mol. The highest BCUT2D eigenvalue weighted by Crippen LogP contribution is 2.44. The van der Waals surface area contributed by atoms with Gasteiger partial charge in [0, 0.05) is 49.3 Å². The molecule has 51 heavy (non-hydrogen) atoms. The zero-order chi connectivity index (χ0) is 36.9. The standard InChI is InChI=1S/C48H31N3/c1-3-15-33(16-4-1)49-41-24-12-8-20-36(41)39-31-32(27-28-44(39)49)35-19-7-11-23-40(35)51-43-26-14-10-22-38(43)48-46(51)30-29-45-47(48)37-21-9-13-25-42(37)50(45)34-17-5-2-6-18-34/h1-31H/i10D,14D,22D,26D. The number of fused-ring (bicyclic) bond motifs is 10. The maximum absolute atomic E-state index is 9.40. The largest absolute Gasteiger partial charge is 0.309 e. The van der Waals surface area contributed by atoms with E-state index in [9.17, 15) is 2.74 Å². The molecule has 3 aromatic heterocycles. The summed E-state index contributed by atoms with van der Waals surface area (Å²) in [4.78, 5) is 0. The van der Waals surface area contributed by atoms with E-state index in [2.05, 4.69) is 129 Å². The van der Waals surface area contributed by atoms with Gasteiger partial charge in [0.2, 0.25) is 0 Å². The number of para-hydroxylation sites is 6. The van der Waals surface area contributed by atoms with Crippen LogP contribution in [0.3, 0.4) is 0 Å². The quantitative estimate of drug-likeness (QED) is 0.180. The first-order valence-electron chi connectivity index (χ1n) is 19.2. The molecule has 238 valence electrons. The van der Waals surface area contributed by atoms with E-state index < -0.39 is 0 Å². The van der Waals surface area contributed by atoms with Crippen LogP contribution in [0.15, 0.2) is 188 Å². The molecule has 3 heteroatoms. The van der Waals surface area contributed by atoms with Crippen LogP contribution < -0.4 is 0 Å². The molecule has 3 nitrogen and oxygen atoms in total. The Morgan fingerprint density at radius 3 is 1.65 bits per heavy atom. The van der Waals surface area contributed by atoms with Crippen molar-refractivity contribution in [3.8, 4) is 28.2 Å². The molecule has 0 spiro atoms. The summed E-state index contributed by atoms with van der Waals surface area (Å²) in [5.41, 5.74) is 10.4. The molecular formula is C48H31N3. The van der Waals surface area contributed by atoms with Gasteiger partial charge in [-0.05, 0) is 78.3 Å². The van der Waals surface area contributed by atoms with E-state index in [0.717, 1.165) is 82.7 Å². The van der Waals surface area contributed by atoms with Crippen LogP contribution in [0.4, 0.5) is 0 Å². The van der Waals surface area contributed by atoms with Gasteiger partial charge in [0.15, 0.2) is 0 Å². The summed E-state index contributed by atoms with van der Waals surface area (Å²) in [5, 5.41) is 5.58. The van der Waals surface area contributed by atoms with Crippen molar-refractivity contribution < 1.29 is 5.48 Å². The molecule has 11 rings (SSSR count). The van der Waals surface area contributed by atoms with Crippen LogP contribution in [0.1, 0.15) is 5.48 Å². The minimum absolute atomic E-state index is 0.0450. The molecule has 0 bridgehead atoms. The average molecular weight is 654 g/mol. The summed E-state index contributed by atoms with van der Waals surface area (Å²) in [6.45, 7) is 0. The van der Waals surface area contributed by atoms with Gasteiger partial charge in [-0.2, -0.15) is 0 Å². The van der Waals surface area contributed by atoms with E-state index in [-0.39, 0.29) is 24.2 Å². The van der Waals surface area contributed by atoms with Crippen molar-refractivity contribution in [1.29, 1.82) is 0 Å². The Hall–Kier alpha value is -6.84. The lowest BCUT2D eigenvalue weighted by Crippen LogP contribution is -1.97. The highest BCUT2D eigenvalue weighted by Gasteiger charge is 2.22. The van der Waals surface area contributed by atoms with Crippen LogP contribution in [0.25, 0.3) is 93.6 Å². The smallest absolute Gasteiger partial charge is 0.0645 e. The zero-order valence-corrected chi connectivity index (χ0v) is 27.4. The highest BCUT2D eigenvalue weighted by molar-refractivity contribution is 6.29. The van der Waals surface area contributed by atoms with Gasteiger partial charge < -0.3 is 13.7 Å². The Morgan fingerprint density at radius 2 is 0.882 bits per heavy atom. The fourth-order valence-electron chi connectivity index (χ4n) is 8.28. The monoisotopic (exact) mass is 653 g/mol. The second kappa shape index (κ2) is 10.8. The molecule has 0 aliphatic carbocycles. The molecule has 0 amide bonds. The second-order valence-electron chi connectivity index (χ2n) is 13.0. The van der Waals surface area contributed by atoms with E-state index in [1.165, 1.54) is 0 Å².